The summed E-state index contributed by atoms with van der Waals surface area (Å²) in [7, 11) is 1.81. The predicted molar refractivity (Wildman–Crippen MR) is 89.2 cm³/mol. The van der Waals surface area contributed by atoms with Crippen molar-refractivity contribution in [1.29, 1.82) is 0 Å². The van der Waals surface area contributed by atoms with Gasteiger partial charge in [0.15, 0.2) is 5.82 Å². The van der Waals surface area contributed by atoms with Crippen LogP contribution in [0.4, 0.5) is 4.79 Å². The molecule has 2 amide bonds. The van der Waals surface area contributed by atoms with Crippen LogP contribution in [0.1, 0.15) is 54.5 Å². The zero-order valence-electron chi connectivity index (χ0n) is 14.5. The van der Waals surface area contributed by atoms with Crippen molar-refractivity contribution in [2.45, 2.75) is 52.1 Å². The number of carbonyl (C=O) groups is 1. The van der Waals surface area contributed by atoms with Crippen molar-refractivity contribution in [2.24, 2.45) is 7.05 Å². The van der Waals surface area contributed by atoms with Crippen LogP contribution in [0.3, 0.4) is 0 Å². The van der Waals surface area contributed by atoms with Gasteiger partial charge in [-0.3, -0.25) is 9.78 Å². The second-order valence-electron chi connectivity index (χ2n) is 6.40. The summed E-state index contributed by atoms with van der Waals surface area (Å²) >= 11 is 0. The summed E-state index contributed by atoms with van der Waals surface area (Å²) in [6.07, 6.45) is 5.91. The molecule has 130 valence electrons. The Morgan fingerprint density at radius 2 is 2.21 bits per heavy atom. The molecule has 1 aliphatic rings. The summed E-state index contributed by atoms with van der Waals surface area (Å²) in [5, 5.41) is 14.5. The van der Waals surface area contributed by atoms with Crippen LogP contribution in [-0.4, -0.2) is 42.4 Å². The highest BCUT2D eigenvalue weighted by molar-refractivity contribution is 5.74. The second kappa shape index (κ2) is 7.02. The molecule has 24 heavy (non-hydrogen) atoms. The minimum absolute atomic E-state index is 0.0608. The molecule has 1 saturated heterocycles. The van der Waals surface area contributed by atoms with Gasteiger partial charge in [-0.15, -0.1) is 0 Å². The Balaban J connectivity index is 1.75. The van der Waals surface area contributed by atoms with Crippen molar-refractivity contribution in [3.8, 4) is 0 Å². The van der Waals surface area contributed by atoms with E-state index in [2.05, 4.69) is 25.6 Å². The Labute approximate surface area is 141 Å². The van der Waals surface area contributed by atoms with E-state index in [0.717, 1.165) is 49.2 Å². The van der Waals surface area contributed by atoms with Crippen LogP contribution in [0.25, 0.3) is 0 Å². The molecule has 1 fully saturated rings. The highest BCUT2D eigenvalue weighted by Crippen LogP contribution is 2.33. The Morgan fingerprint density at radius 3 is 2.88 bits per heavy atom. The number of carbonyl (C=O) groups excluding carboxylic acids is 1. The van der Waals surface area contributed by atoms with E-state index in [9.17, 15) is 4.79 Å². The maximum Gasteiger partial charge on any atom is 0.318 e. The van der Waals surface area contributed by atoms with Crippen LogP contribution in [0.2, 0.25) is 0 Å². The van der Waals surface area contributed by atoms with E-state index in [4.69, 9.17) is 0 Å². The van der Waals surface area contributed by atoms with Crippen LogP contribution in [0.5, 0.6) is 0 Å². The Kier molecular flexibility index (Phi) is 4.82. The first-order valence-corrected chi connectivity index (χ1v) is 8.46. The quantitative estimate of drug-likeness (QED) is 0.899. The molecule has 0 bridgehead atoms. The van der Waals surface area contributed by atoms with Crippen LogP contribution < -0.4 is 5.32 Å². The van der Waals surface area contributed by atoms with Gasteiger partial charge < -0.3 is 10.2 Å². The average molecular weight is 331 g/mol. The molecule has 3 rings (SSSR count). The molecule has 0 saturated carbocycles. The standard InChI is InChI=1S/C16H25N7O/c1-11-15(12(2)20-19-11)13-7-5-4-6-8-23(13)16(24)17-9-14-18-10-22(3)21-14/h10,13H,4-9H2,1-3H3,(H,17,24)(H,19,20). The van der Waals surface area contributed by atoms with Crippen LogP contribution in [0, 0.1) is 13.8 Å². The van der Waals surface area contributed by atoms with Gasteiger partial charge in [0.05, 0.1) is 18.3 Å². The third kappa shape index (κ3) is 3.42. The topological polar surface area (TPSA) is 91.7 Å². The van der Waals surface area contributed by atoms with Crippen molar-refractivity contribution in [3.63, 3.8) is 0 Å². The van der Waals surface area contributed by atoms with E-state index in [1.54, 1.807) is 11.0 Å². The second-order valence-corrected chi connectivity index (χ2v) is 6.40. The molecule has 2 aromatic rings. The number of amides is 2. The number of likely N-dealkylation sites (tertiary alicyclic amines) is 1. The lowest BCUT2D eigenvalue weighted by molar-refractivity contribution is 0.174. The van der Waals surface area contributed by atoms with Gasteiger partial charge in [-0.2, -0.15) is 10.2 Å². The fourth-order valence-corrected chi connectivity index (χ4v) is 3.42. The smallest absolute Gasteiger partial charge is 0.318 e. The number of H-pyrrole nitrogens is 1. The number of aryl methyl sites for hydroxylation is 3. The number of rotatable bonds is 3. The first-order chi connectivity index (χ1) is 11.6. The lowest BCUT2D eigenvalue weighted by Gasteiger charge is -2.30. The first kappa shape index (κ1) is 16.5. The highest BCUT2D eigenvalue weighted by Gasteiger charge is 2.30. The van der Waals surface area contributed by atoms with Crippen molar-refractivity contribution in [2.75, 3.05) is 6.54 Å². The lowest BCUT2D eigenvalue weighted by Crippen LogP contribution is -2.42. The molecule has 8 heteroatoms. The molecule has 2 aromatic heterocycles. The minimum Gasteiger partial charge on any atom is -0.331 e. The van der Waals surface area contributed by atoms with E-state index in [1.807, 2.05) is 25.8 Å². The van der Waals surface area contributed by atoms with E-state index in [-0.39, 0.29) is 12.1 Å². The fraction of sp³-hybridized carbons (Fsp3) is 0.625. The van der Waals surface area contributed by atoms with Gasteiger partial charge in [0.1, 0.15) is 6.33 Å². The van der Waals surface area contributed by atoms with Gasteiger partial charge >= 0.3 is 6.03 Å². The molecule has 0 aromatic carbocycles. The third-order valence-corrected chi connectivity index (χ3v) is 4.58. The molecule has 8 nitrogen and oxygen atoms in total. The van der Waals surface area contributed by atoms with E-state index >= 15 is 0 Å². The predicted octanol–water partition coefficient (Wildman–Crippen LogP) is 1.98. The highest BCUT2D eigenvalue weighted by atomic mass is 16.2. The van der Waals surface area contributed by atoms with Crippen molar-refractivity contribution >= 4 is 6.03 Å². The number of hydrogen-bond donors (Lipinski definition) is 2. The summed E-state index contributed by atoms with van der Waals surface area (Å²) in [5.74, 6) is 0.618. The molecule has 1 atom stereocenters. The van der Waals surface area contributed by atoms with Crippen LogP contribution in [-0.2, 0) is 13.6 Å². The van der Waals surface area contributed by atoms with Crippen LogP contribution in [0.15, 0.2) is 6.33 Å². The maximum atomic E-state index is 12.8. The molecule has 0 spiro atoms. The lowest BCUT2D eigenvalue weighted by atomic mass is 9.99. The molecular weight excluding hydrogens is 306 g/mol. The molecule has 1 aliphatic heterocycles. The normalized spacial score (nSPS) is 18.5. The van der Waals surface area contributed by atoms with Gasteiger partial charge in [0.25, 0.3) is 0 Å². The Morgan fingerprint density at radius 1 is 1.38 bits per heavy atom. The number of aromatic amines is 1. The van der Waals surface area contributed by atoms with Crippen molar-refractivity contribution < 1.29 is 4.79 Å². The number of urea groups is 1. The summed E-state index contributed by atoms with van der Waals surface area (Å²) in [6, 6.07) is 0.0114. The molecule has 1 unspecified atom stereocenters. The molecule has 2 N–H and O–H groups in total. The monoisotopic (exact) mass is 331 g/mol. The van der Waals surface area contributed by atoms with Gasteiger partial charge in [-0.05, 0) is 26.7 Å². The van der Waals surface area contributed by atoms with Crippen LogP contribution >= 0.6 is 0 Å². The molecule has 3 heterocycles. The average Bonchev–Trinajstić information content (AvgIpc) is 3.02. The summed E-state index contributed by atoms with van der Waals surface area (Å²) in [6.45, 7) is 5.12. The fourth-order valence-electron chi connectivity index (χ4n) is 3.42. The first-order valence-electron chi connectivity index (χ1n) is 8.46. The van der Waals surface area contributed by atoms with E-state index in [0.29, 0.717) is 12.4 Å². The van der Waals surface area contributed by atoms with Gasteiger partial charge in [-0.25, -0.2) is 9.78 Å². The number of aromatic nitrogens is 5. The maximum absolute atomic E-state index is 12.8. The summed E-state index contributed by atoms with van der Waals surface area (Å²) < 4.78 is 1.63. The molecule has 0 radical (unpaired) electrons. The summed E-state index contributed by atoms with van der Waals surface area (Å²) in [4.78, 5) is 18.9. The van der Waals surface area contributed by atoms with E-state index < -0.39 is 0 Å². The van der Waals surface area contributed by atoms with Gasteiger partial charge in [0.2, 0.25) is 0 Å². The zero-order chi connectivity index (χ0) is 17.1. The minimum atomic E-state index is -0.0608. The summed E-state index contributed by atoms with van der Waals surface area (Å²) in [5.41, 5.74) is 3.18. The molecular formula is C16H25N7O. The SMILES string of the molecule is Cc1n[nH]c(C)c1C1CCCCCN1C(=O)NCc1ncn(C)n1. The Bertz CT molecular complexity index is 686. The largest absolute Gasteiger partial charge is 0.331 e. The third-order valence-electron chi connectivity index (χ3n) is 4.58. The zero-order valence-corrected chi connectivity index (χ0v) is 14.5. The van der Waals surface area contributed by atoms with Crippen molar-refractivity contribution in [1.82, 2.24) is 35.2 Å². The van der Waals surface area contributed by atoms with Gasteiger partial charge in [0, 0.05) is 24.8 Å². The Hall–Kier alpha value is -2.38. The number of nitrogens with zero attached hydrogens (tertiary/aromatic N) is 5. The number of hydrogen-bond acceptors (Lipinski definition) is 4. The number of nitrogens with one attached hydrogen (secondary N) is 2. The van der Waals surface area contributed by atoms with Crippen molar-refractivity contribution in [3.05, 3.63) is 29.1 Å². The molecule has 0 aliphatic carbocycles. The van der Waals surface area contributed by atoms with E-state index in [1.165, 1.54) is 0 Å². The van der Waals surface area contributed by atoms with Gasteiger partial charge in [-0.1, -0.05) is 12.8 Å².